The first-order chi connectivity index (χ1) is 18.6. The number of rotatable bonds is 3. The first kappa shape index (κ1) is 25.6. The molecule has 1 atom stereocenters. The van der Waals surface area contributed by atoms with E-state index in [9.17, 15) is 35.1 Å². The van der Waals surface area contributed by atoms with Crippen molar-refractivity contribution in [2.24, 2.45) is 0 Å². The Hall–Kier alpha value is -5.02. The third-order valence-electron chi connectivity index (χ3n) is 6.72. The second-order valence-corrected chi connectivity index (χ2v) is 9.24. The summed E-state index contributed by atoms with van der Waals surface area (Å²) in [6.07, 6.45) is 2.90. The maximum atomic E-state index is 12.1. The molecule has 0 aromatic heterocycles. The van der Waals surface area contributed by atoms with Crippen LogP contribution in [-0.2, 0) is 16.0 Å². The highest BCUT2D eigenvalue weighted by atomic mass is 16.5. The quantitative estimate of drug-likeness (QED) is 0.253. The molecule has 3 aliphatic rings. The number of allylic oxidation sites excluding steroid dienone is 2. The lowest BCUT2D eigenvalue weighted by Crippen LogP contribution is -2.39. The largest absolute Gasteiger partial charge is 0.507 e. The molecular weight excluding hydrogens is 504 g/mol. The van der Waals surface area contributed by atoms with Gasteiger partial charge in [-0.3, -0.25) is 9.59 Å². The second-order valence-electron chi connectivity index (χ2n) is 9.24. The van der Waals surface area contributed by atoms with Crippen molar-refractivity contribution < 1.29 is 44.6 Å². The molecule has 3 aromatic rings. The monoisotopic (exact) mass is 528 g/mol. The van der Waals surface area contributed by atoms with Crippen molar-refractivity contribution in [1.29, 1.82) is 0 Å². The van der Waals surface area contributed by atoms with Crippen LogP contribution in [0.4, 0.5) is 0 Å². The number of hydrogen-bond donors (Lipinski definition) is 5. The summed E-state index contributed by atoms with van der Waals surface area (Å²) in [7, 11) is 1.51. The SMILES string of the molecule is COc1ccc(C(=O)c2ccccc2)c(O)c1.O=C1C=CC2=C3c4cc(O)c(O)cc4CC3(O)COC2=C1O. The van der Waals surface area contributed by atoms with Crippen molar-refractivity contribution in [3.05, 3.63) is 112 Å². The van der Waals surface area contributed by atoms with E-state index in [2.05, 4.69) is 0 Å². The summed E-state index contributed by atoms with van der Waals surface area (Å²) < 4.78 is 10.4. The van der Waals surface area contributed by atoms with Crippen LogP contribution in [-0.4, -0.2) is 56.4 Å². The molecule has 5 N–H and O–H groups in total. The number of ether oxygens (including phenoxy) is 2. The average Bonchev–Trinajstić information content (AvgIpc) is 3.22. The molecule has 198 valence electrons. The lowest BCUT2D eigenvalue weighted by atomic mass is 9.85. The average molecular weight is 529 g/mol. The van der Waals surface area contributed by atoms with Gasteiger partial charge in [0, 0.05) is 29.2 Å². The molecular formula is C30H24O9. The minimum Gasteiger partial charge on any atom is -0.507 e. The Morgan fingerprint density at radius 3 is 2.33 bits per heavy atom. The molecule has 0 saturated carbocycles. The van der Waals surface area contributed by atoms with Crippen molar-refractivity contribution in [2.75, 3.05) is 13.7 Å². The molecule has 0 radical (unpaired) electrons. The Balaban J connectivity index is 0.000000164. The molecule has 9 heteroatoms. The standard InChI is InChI=1S/C16H12O6.C14H12O3/c17-10-2-1-8-13-9-4-12(19)11(18)3-7(9)5-16(13,21)6-22-15(8)14(10)20;1-17-11-7-8-12(13(15)9-11)14(16)10-5-3-2-4-6-10/h1-4,18-21H,5-6H2;2-9,15H,1H3. The van der Waals surface area contributed by atoms with E-state index in [0.29, 0.717) is 33.6 Å². The van der Waals surface area contributed by atoms with Crippen LogP contribution >= 0.6 is 0 Å². The lowest BCUT2D eigenvalue weighted by Gasteiger charge is -2.33. The van der Waals surface area contributed by atoms with Gasteiger partial charge in [0.05, 0.1) is 12.7 Å². The minimum atomic E-state index is -1.33. The van der Waals surface area contributed by atoms with Crippen LogP contribution in [0.5, 0.6) is 23.0 Å². The van der Waals surface area contributed by atoms with E-state index >= 15 is 0 Å². The third-order valence-corrected chi connectivity index (χ3v) is 6.72. The highest BCUT2D eigenvalue weighted by Gasteiger charge is 2.47. The zero-order valence-electron chi connectivity index (χ0n) is 20.7. The van der Waals surface area contributed by atoms with Crippen LogP contribution in [0.1, 0.15) is 27.0 Å². The van der Waals surface area contributed by atoms with Crippen LogP contribution in [0.25, 0.3) is 5.57 Å². The minimum absolute atomic E-state index is 0.0348. The molecule has 2 aliphatic carbocycles. The van der Waals surface area contributed by atoms with E-state index in [-0.39, 0.29) is 47.4 Å². The summed E-state index contributed by atoms with van der Waals surface area (Å²) in [4.78, 5) is 23.6. The highest BCUT2D eigenvalue weighted by molar-refractivity contribution is 6.10. The molecule has 3 aromatic carbocycles. The van der Waals surface area contributed by atoms with Crippen LogP contribution in [0, 0.1) is 0 Å². The molecule has 39 heavy (non-hydrogen) atoms. The van der Waals surface area contributed by atoms with Crippen molar-refractivity contribution >= 4 is 17.1 Å². The van der Waals surface area contributed by atoms with Crippen molar-refractivity contribution in [3.8, 4) is 23.0 Å². The van der Waals surface area contributed by atoms with Gasteiger partial charge in [-0.2, -0.15) is 0 Å². The van der Waals surface area contributed by atoms with Gasteiger partial charge in [0.1, 0.15) is 23.7 Å². The lowest BCUT2D eigenvalue weighted by molar-refractivity contribution is -0.114. The molecule has 0 saturated heterocycles. The summed E-state index contributed by atoms with van der Waals surface area (Å²) in [5.41, 5.74) is 1.62. The summed E-state index contributed by atoms with van der Waals surface area (Å²) in [6, 6.07) is 16.2. The summed E-state index contributed by atoms with van der Waals surface area (Å²) >= 11 is 0. The van der Waals surface area contributed by atoms with E-state index < -0.39 is 17.1 Å². The number of aliphatic hydroxyl groups is 2. The number of phenolic OH excluding ortho intramolecular Hbond substituents is 3. The Morgan fingerprint density at radius 1 is 0.923 bits per heavy atom. The van der Waals surface area contributed by atoms with Gasteiger partial charge >= 0.3 is 0 Å². The van der Waals surface area contributed by atoms with Gasteiger partial charge in [-0.15, -0.1) is 0 Å². The predicted molar refractivity (Wildman–Crippen MR) is 140 cm³/mol. The first-order valence-electron chi connectivity index (χ1n) is 11.9. The summed E-state index contributed by atoms with van der Waals surface area (Å²) in [5.74, 6) is -1.34. The Kier molecular flexibility index (Phi) is 6.37. The first-order valence-corrected chi connectivity index (χ1v) is 11.9. The molecule has 9 nitrogen and oxygen atoms in total. The van der Waals surface area contributed by atoms with Gasteiger partial charge in [0.2, 0.25) is 11.5 Å². The fourth-order valence-corrected chi connectivity index (χ4v) is 4.84. The number of carbonyl (C=O) groups is 2. The third kappa shape index (κ3) is 4.49. The Morgan fingerprint density at radius 2 is 1.64 bits per heavy atom. The number of carbonyl (C=O) groups excluding carboxylic acids is 2. The van der Waals surface area contributed by atoms with Gasteiger partial charge in [-0.1, -0.05) is 30.3 Å². The van der Waals surface area contributed by atoms with Gasteiger partial charge in [-0.25, -0.2) is 0 Å². The molecule has 1 unspecified atom stereocenters. The molecule has 0 spiro atoms. The van der Waals surface area contributed by atoms with Crippen LogP contribution < -0.4 is 4.74 Å². The number of hydrogen-bond acceptors (Lipinski definition) is 9. The van der Waals surface area contributed by atoms with E-state index in [4.69, 9.17) is 9.47 Å². The fourth-order valence-electron chi connectivity index (χ4n) is 4.84. The fraction of sp³-hybridized carbons (Fsp3) is 0.133. The number of fused-ring (bicyclic) bond motifs is 4. The van der Waals surface area contributed by atoms with E-state index in [0.717, 1.165) is 0 Å². The van der Waals surface area contributed by atoms with Gasteiger partial charge in [0.25, 0.3) is 0 Å². The number of ketones is 2. The maximum absolute atomic E-state index is 12.1. The van der Waals surface area contributed by atoms with Gasteiger partial charge < -0.3 is 35.0 Å². The van der Waals surface area contributed by atoms with E-state index in [1.54, 1.807) is 36.4 Å². The number of aliphatic hydroxyl groups excluding tert-OH is 1. The smallest absolute Gasteiger partial charge is 0.224 e. The molecule has 1 heterocycles. The molecule has 0 bridgehead atoms. The highest BCUT2D eigenvalue weighted by Crippen LogP contribution is 2.50. The maximum Gasteiger partial charge on any atom is 0.224 e. The Labute approximate surface area is 222 Å². The predicted octanol–water partition coefficient (Wildman–Crippen LogP) is 3.71. The zero-order valence-corrected chi connectivity index (χ0v) is 20.7. The molecule has 0 amide bonds. The van der Waals surface area contributed by atoms with Crippen molar-refractivity contribution in [1.82, 2.24) is 0 Å². The number of phenols is 3. The van der Waals surface area contributed by atoms with Crippen molar-refractivity contribution in [2.45, 2.75) is 12.0 Å². The van der Waals surface area contributed by atoms with Crippen LogP contribution in [0.15, 0.2) is 89.9 Å². The number of benzene rings is 3. The van der Waals surface area contributed by atoms with E-state index in [1.807, 2.05) is 6.07 Å². The van der Waals surface area contributed by atoms with Gasteiger partial charge in [-0.05, 0) is 47.5 Å². The van der Waals surface area contributed by atoms with E-state index in [1.165, 1.54) is 37.5 Å². The van der Waals surface area contributed by atoms with Crippen LogP contribution in [0.2, 0.25) is 0 Å². The summed E-state index contributed by atoms with van der Waals surface area (Å²) in [6.45, 7) is -0.122. The molecule has 6 rings (SSSR count). The number of methoxy groups -OCH3 is 1. The zero-order chi connectivity index (χ0) is 27.9. The van der Waals surface area contributed by atoms with Gasteiger partial charge in [0.15, 0.2) is 23.0 Å². The Bertz CT molecular complexity index is 1600. The summed E-state index contributed by atoms with van der Waals surface area (Å²) in [5, 5.41) is 49.8. The van der Waals surface area contributed by atoms with Crippen molar-refractivity contribution in [3.63, 3.8) is 0 Å². The second kappa shape index (κ2) is 9.70. The topological polar surface area (TPSA) is 154 Å². The van der Waals surface area contributed by atoms with Crippen LogP contribution in [0.3, 0.4) is 0 Å². The number of aromatic hydroxyl groups is 3. The molecule has 0 fully saturated rings. The normalized spacial score (nSPS) is 18.9. The molecule has 1 aliphatic heterocycles.